The predicted octanol–water partition coefficient (Wildman–Crippen LogP) is 4.28. The number of nitrogens with two attached hydrogens (primary N) is 1. The average Bonchev–Trinajstić information content (AvgIpc) is 3.24. The standard InChI is InChI=1S/C27H26N4O4/c1-4-24-29-23-11-7-10-22(27(33)34-3)25(23)31(24)16-18-12-14-19(15-13-18)20-8-5-6-9-21(20)26(28)30-35-17(2)32/h5-15H,4,16H2,1-3H3,(H2,28,30). The van der Waals surface area contributed by atoms with E-state index in [4.69, 9.17) is 20.3 Å². The number of esters is 1. The Kier molecular flexibility index (Phi) is 6.91. The first kappa shape index (κ1) is 23.7. The van der Waals surface area contributed by atoms with E-state index in [-0.39, 0.29) is 11.8 Å². The van der Waals surface area contributed by atoms with Gasteiger partial charge in [0, 0.05) is 25.5 Å². The highest BCUT2D eigenvalue weighted by Crippen LogP contribution is 2.26. The number of para-hydroxylation sites is 1. The minimum absolute atomic E-state index is 0.118. The SMILES string of the molecule is CCc1nc2cccc(C(=O)OC)c2n1Cc1ccc(-c2ccccc2/C(N)=N\OC(C)=O)cc1. The van der Waals surface area contributed by atoms with Gasteiger partial charge in [0.1, 0.15) is 5.82 Å². The normalized spacial score (nSPS) is 11.5. The van der Waals surface area contributed by atoms with Crippen molar-refractivity contribution >= 4 is 28.8 Å². The molecule has 0 spiro atoms. The Morgan fingerprint density at radius 1 is 1.00 bits per heavy atom. The lowest BCUT2D eigenvalue weighted by Crippen LogP contribution is -2.15. The van der Waals surface area contributed by atoms with E-state index in [1.165, 1.54) is 14.0 Å². The van der Waals surface area contributed by atoms with Crippen LogP contribution in [0.4, 0.5) is 0 Å². The highest BCUT2D eigenvalue weighted by atomic mass is 16.7. The maximum Gasteiger partial charge on any atom is 0.340 e. The van der Waals surface area contributed by atoms with E-state index in [9.17, 15) is 9.59 Å². The topological polar surface area (TPSA) is 109 Å². The number of benzene rings is 3. The second-order valence-electron chi connectivity index (χ2n) is 7.93. The summed E-state index contributed by atoms with van der Waals surface area (Å²) in [5, 5.41) is 3.72. The molecule has 0 aliphatic carbocycles. The van der Waals surface area contributed by atoms with Crippen molar-refractivity contribution in [2.24, 2.45) is 10.9 Å². The maximum atomic E-state index is 12.4. The van der Waals surface area contributed by atoms with Crippen LogP contribution >= 0.6 is 0 Å². The summed E-state index contributed by atoms with van der Waals surface area (Å²) in [4.78, 5) is 32.9. The Morgan fingerprint density at radius 3 is 2.40 bits per heavy atom. The zero-order valence-electron chi connectivity index (χ0n) is 19.8. The van der Waals surface area contributed by atoms with Crippen LogP contribution < -0.4 is 5.73 Å². The first-order valence-electron chi connectivity index (χ1n) is 11.2. The fourth-order valence-electron chi connectivity index (χ4n) is 4.04. The summed E-state index contributed by atoms with van der Waals surface area (Å²) in [5.41, 5.74) is 11.6. The number of carbonyl (C=O) groups is 2. The molecule has 8 nitrogen and oxygen atoms in total. The minimum Gasteiger partial charge on any atom is -0.465 e. The van der Waals surface area contributed by atoms with Crippen molar-refractivity contribution in [2.45, 2.75) is 26.8 Å². The van der Waals surface area contributed by atoms with Crippen molar-refractivity contribution in [1.29, 1.82) is 0 Å². The summed E-state index contributed by atoms with van der Waals surface area (Å²) in [6.45, 7) is 3.85. The summed E-state index contributed by atoms with van der Waals surface area (Å²) >= 11 is 0. The zero-order valence-corrected chi connectivity index (χ0v) is 19.8. The zero-order chi connectivity index (χ0) is 24.9. The molecule has 0 fully saturated rings. The number of oxime groups is 1. The number of amidine groups is 1. The van der Waals surface area contributed by atoms with Crippen LogP contribution in [0.5, 0.6) is 0 Å². The molecule has 35 heavy (non-hydrogen) atoms. The monoisotopic (exact) mass is 470 g/mol. The molecule has 0 atom stereocenters. The molecule has 0 saturated carbocycles. The molecule has 1 heterocycles. The molecule has 0 bridgehead atoms. The number of carbonyl (C=O) groups excluding carboxylic acids is 2. The highest BCUT2D eigenvalue weighted by molar-refractivity contribution is 6.03. The Labute approximate surface area is 203 Å². The van der Waals surface area contributed by atoms with Gasteiger partial charge in [0.2, 0.25) is 0 Å². The van der Waals surface area contributed by atoms with E-state index >= 15 is 0 Å². The van der Waals surface area contributed by atoms with Gasteiger partial charge in [0.25, 0.3) is 0 Å². The molecule has 0 aliphatic heterocycles. The number of aromatic nitrogens is 2. The largest absolute Gasteiger partial charge is 0.465 e. The number of aryl methyl sites for hydroxylation is 1. The van der Waals surface area contributed by atoms with E-state index in [0.29, 0.717) is 17.7 Å². The Morgan fingerprint density at radius 2 is 1.71 bits per heavy atom. The van der Waals surface area contributed by atoms with Crippen molar-refractivity contribution in [2.75, 3.05) is 7.11 Å². The van der Waals surface area contributed by atoms with Crippen LogP contribution in [0.3, 0.4) is 0 Å². The fraction of sp³-hybridized carbons (Fsp3) is 0.185. The van der Waals surface area contributed by atoms with Crippen LogP contribution in [-0.2, 0) is 27.3 Å². The highest BCUT2D eigenvalue weighted by Gasteiger charge is 2.18. The van der Waals surface area contributed by atoms with Gasteiger partial charge in [0.05, 0.1) is 23.7 Å². The second-order valence-corrected chi connectivity index (χ2v) is 7.93. The maximum absolute atomic E-state index is 12.4. The van der Waals surface area contributed by atoms with Gasteiger partial charge in [-0.05, 0) is 28.8 Å². The summed E-state index contributed by atoms with van der Waals surface area (Å²) < 4.78 is 7.05. The van der Waals surface area contributed by atoms with Gasteiger partial charge in [-0.3, -0.25) is 0 Å². The second kappa shape index (κ2) is 10.2. The van der Waals surface area contributed by atoms with Gasteiger partial charge >= 0.3 is 11.9 Å². The number of nitrogens with zero attached hydrogens (tertiary/aromatic N) is 3. The molecule has 8 heteroatoms. The quantitative estimate of drug-likeness (QED) is 0.142. The van der Waals surface area contributed by atoms with Crippen LogP contribution in [0, 0.1) is 0 Å². The average molecular weight is 471 g/mol. The Balaban J connectivity index is 1.69. The van der Waals surface area contributed by atoms with Gasteiger partial charge in [-0.15, -0.1) is 0 Å². The van der Waals surface area contributed by atoms with Crippen molar-refractivity contribution in [3.63, 3.8) is 0 Å². The van der Waals surface area contributed by atoms with Gasteiger partial charge in [-0.1, -0.05) is 66.7 Å². The van der Waals surface area contributed by atoms with Crippen LogP contribution in [0.25, 0.3) is 22.2 Å². The summed E-state index contributed by atoms with van der Waals surface area (Å²) in [7, 11) is 1.38. The molecule has 4 aromatic rings. The lowest BCUT2D eigenvalue weighted by molar-refractivity contribution is -0.140. The molecule has 0 unspecified atom stereocenters. The van der Waals surface area contributed by atoms with E-state index in [0.717, 1.165) is 40.0 Å². The third-order valence-electron chi connectivity index (χ3n) is 5.65. The van der Waals surface area contributed by atoms with Crippen molar-refractivity contribution < 1.29 is 19.2 Å². The summed E-state index contributed by atoms with van der Waals surface area (Å²) in [5.74, 6) is 0.0795. The molecule has 3 aromatic carbocycles. The number of methoxy groups -OCH3 is 1. The number of ether oxygens (including phenoxy) is 1. The molecule has 2 N–H and O–H groups in total. The molecular weight excluding hydrogens is 444 g/mol. The van der Waals surface area contributed by atoms with Crippen LogP contribution in [0.15, 0.2) is 71.9 Å². The summed E-state index contributed by atoms with van der Waals surface area (Å²) in [6.07, 6.45) is 0.724. The Bertz CT molecular complexity index is 1420. The Hall–Kier alpha value is -4.46. The van der Waals surface area contributed by atoms with Crippen molar-refractivity contribution in [3.8, 4) is 11.1 Å². The number of imidazole rings is 1. The first-order valence-corrected chi connectivity index (χ1v) is 11.2. The molecule has 0 radical (unpaired) electrons. The number of fused-ring (bicyclic) bond motifs is 1. The van der Waals surface area contributed by atoms with Gasteiger partial charge in [0.15, 0.2) is 5.84 Å². The van der Waals surface area contributed by atoms with Crippen LogP contribution in [0.1, 0.15) is 41.2 Å². The van der Waals surface area contributed by atoms with E-state index in [1.54, 1.807) is 6.07 Å². The molecule has 178 valence electrons. The van der Waals surface area contributed by atoms with Crippen LogP contribution in [-0.4, -0.2) is 34.4 Å². The summed E-state index contributed by atoms with van der Waals surface area (Å²) in [6, 6.07) is 21.0. The van der Waals surface area contributed by atoms with Crippen molar-refractivity contribution in [1.82, 2.24) is 9.55 Å². The number of rotatable bonds is 7. The molecule has 4 rings (SSSR count). The van der Waals surface area contributed by atoms with Gasteiger partial charge in [-0.2, -0.15) is 0 Å². The van der Waals surface area contributed by atoms with Crippen LogP contribution in [0.2, 0.25) is 0 Å². The van der Waals surface area contributed by atoms with Gasteiger partial charge < -0.3 is 19.9 Å². The fourth-order valence-corrected chi connectivity index (χ4v) is 4.04. The molecule has 1 aromatic heterocycles. The number of hydrogen-bond acceptors (Lipinski definition) is 6. The van der Waals surface area contributed by atoms with E-state index < -0.39 is 5.97 Å². The number of hydrogen-bond donors (Lipinski definition) is 1. The predicted molar refractivity (Wildman–Crippen MR) is 134 cm³/mol. The van der Waals surface area contributed by atoms with Gasteiger partial charge in [-0.25, -0.2) is 14.6 Å². The lowest BCUT2D eigenvalue weighted by Gasteiger charge is -2.12. The smallest absolute Gasteiger partial charge is 0.340 e. The molecule has 0 saturated heterocycles. The lowest BCUT2D eigenvalue weighted by atomic mass is 9.98. The first-order chi connectivity index (χ1) is 16.9. The molecule has 0 aliphatic rings. The molecule has 0 amide bonds. The van der Waals surface area contributed by atoms with E-state index in [1.807, 2.05) is 67.6 Å². The third kappa shape index (κ3) is 4.91. The third-order valence-corrected chi connectivity index (χ3v) is 5.65. The minimum atomic E-state index is -0.538. The van der Waals surface area contributed by atoms with Crippen molar-refractivity contribution in [3.05, 3.63) is 89.2 Å². The molecular formula is C27H26N4O4. The van der Waals surface area contributed by atoms with E-state index in [2.05, 4.69) is 9.72 Å².